The number of halogens is 1. The summed E-state index contributed by atoms with van der Waals surface area (Å²) < 4.78 is 13.5. The molecule has 2 rings (SSSR count). The summed E-state index contributed by atoms with van der Waals surface area (Å²) in [5.41, 5.74) is 0.857. The number of aromatic nitrogens is 2. The van der Waals surface area contributed by atoms with Crippen molar-refractivity contribution in [1.82, 2.24) is 15.5 Å². The Bertz CT molecular complexity index is 602. The Hall–Kier alpha value is -1.67. The SMILES string of the molecule is CNc1nnc(S[C@H](C)C(=O)NCc2ccc(F)cc2)s1. The molecule has 1 amide bonds. The number of nitrogens with zero attached hydrogens (tertiary/aromatic N) is 2. The monoisotopic (exact) mass is 326 g/mol. The van der Waals surface area contributed by atoms with Crippen molar-refractivity contribution in [1.29, 1.82) is 0 Å². The Morgan fingerprint density at radius 2 is 2.10 bits per heavy atom. The average molecular weight is 326 g/mol. The third kappa shape index (κ3) is 4.68. The first-order chi connectivity index (χ1) is 10.1. The van der Waals surface area contributed by atoms with Crippen LogP contribution in [0.4, 0.5) is 9.52 Å². The Morgan fingerprint density at radius 3 is 2.71 bits per heavy atom. The van der Waals surface area contributed by atoms with Crippen LogP contribution in [0.1, 0.15) is 12.5 Å². The number of amides is 1. The van der Waals surface area contributed by atoms with Gasteiger partial charge < -0.3 is 10.6 Å². The molecule has 0 fully saturated rings. The van der Waals surface area contributed by atoms with E-state index in [0.29, 0.717) is 6.54 Å². The number of hydrogen-bond acceptors (Lipinski definition) is 6. The first-order valence-corrected chi connectivity index (χ1v) is 7.98. The first-order valence-electron chi connectivity index (χ1n) is 6.28. The largest absolute Gasteiger partial charge is 0.363 e. The quantitative estimate of drug-likeness (QED) is 0.799. The second-order valence-electron chi connectivity index (χ2n) is 4.23. The number of carbonyl (C=O) groups excluding carboxylic acids is 1. The molecule has 0 radical (unpaired) electrons. The zero-order valence-corrected chi connectivity index (χ0v) is 13.2. The van der Waals surface area contributed by atoms with Crippen LogP contribution in [0.15, 0.2) is 28.6 Å². The molecule has 2 N–H and O–H groups in total. The molecule has 21 heavy (non-hydrogen) atoms. The van der Waals surface area contributed by atoms with Crippen molar-refractivity contribution >= 4 is 34.1 Å². The van der Waals surface area contributed by atoms with Crippen LogP contribution < -0.4 is 10.6 Å². The lowest BCUT2D eigenvalue weighted by atomic mass is 10.2. The predicted octanol–water partition coefficient (Wildman–Crippen LogP) is 2.52. The van der Waals surface area contributed by atoms with Crippen molar-refractivity contribution in [2.75, 3.05) is 12.4 Å². The first kappa shape index (κ1) is 15.7. The van der Waals surface area contributed by atoms with Gasteiger partial charge in [0.05, 0.1) is 5.25 Å². The van der Waals surface area contributed by atoms with E-state index in [0.717, 1.165) is 15.0 Å². The fraction of sp³-hybridized carbons (Fsp3) is 0.308. The van der Waals surface area contributed by atoms with Crippen LogP contribution >= 0.6 is 23.1 Å². The van der Waals surface area contributed by atoms with E-state index in [2.05, 4.69) is 20.8 Å². The lowest BCUT2D eigenvalue weighted by Crippen LogP contribution is -2.30. The molecular formula is C13H15FN4OS2. The van der Waals surface area contributed by atoms with Gasteiger partial charge in [-0.3, -0.25) is 4.79 Å². The van der Waals surface area contributed by atoms with Gasteiger partial charge in [0.15, 0.2) is 4.34 Å². The van der Waals surface area contributed by atoms with E-state index in [1.807, 2.05) is 6.92 Å². The summed E-state index contributed by atoms with van der Waals surface area (Å²) in [5.74, 6) is -0.379. The second kappa shape index (κ2) is 7.37. The van der Waals surface area contributed by atoms with Crippen LogP contribution in [0.5, 0.6) is 0 Å². The number of nitrogens with one attached hydrogen (secondary N) is 2. The van der Waals surface area contributed by atoms with Gasteiger partial charge in [0.2, 0.25) is 11.0 Å². The number of rotatable bonds is 6. The van der Waals surface area contributed by atoms with Crippen molar-refractivity contribution < 1.29 is 9.18 Å². The lowest BCUT2D eigenvalue weighted by Gasteiger charge is -2.10. The van der Waals surface area contributed by atoms with Crippen molar-refractivity contribution in [2.24, 2.45) is 0 Å². The van der Waals surface area contributed by atoms with Crippen molar-refractivity contribution in [3.05, 3.63) is 35.6 Å². The Morgan fingerprint density at radius 1 is 1.38 bits per heavy atom. The smallest absolute Gasteiger partial charge is 0.233 e. The van der Waals surface area contributed by atoms with E-state index in [4.69, 9.17) is 0 Å². The zero-order chi connectivity index (χ0) is 15.2. The van der Waals surface area contributed by atoms with E-state index in [1.165, 1.54) is 35.2 Å². The molecule has 112 valence electrons. The van der Waals surface area contributed by atoms with Gasteiger partial charge in [0.25, 0.3) is 0 Å². The zero-order valence-electron chi connectivity index (χ0n) is 11.6. The summed E-state index contributed by atoms with van der Waals surface area (Å²) >= 11 is 2.76. The summed E-state index contributed by atoms with van der Waals surface area (Å²) in [6, 6.07) is 6.05. The molecule has 0 aliphatic carbocycles. The van der Waals surface area contributed by atoms with Gasteiger partial charge in [0, 0.05) is 13.6 Å². The standard InChI is InChI=1S/C13H15FN4OS2/c1-8(20-13-18-17-12(15-2)21-13)11(19)16-7-9-3-5-10(14)6-4-9/h3-6,8H,7H2,1-2H3,(H,15,17)(H,16,19)/t8-/m1/s1. The maximum Gasteiger partial charge on any atom is 0.233 e. The minimum absolute atomic E-state index is 0.0921. The molecule has 0 saturated heterocycles. The summed E-state index contributed by atoms with van der Waals surface area (Å²) in [6.07, 6.45) is 0. The van der Waals surface area contributed by atoms with Crippen LogP contribution in [-0.2, 0) is 11.3 Å². The molecule has 8 heteroatoms. The summed E-state index contributed by atoms with van der Waals surface area (Å²) in [6.45, 7) is 2.19. The maximum absolute atomic E-state index is 12.8. The van der Waals surface area contributed by atoms with Crippen molar-refractivity contribution in [2.45, 2.75) is 23.1 Å². The minimum atomic E-state index is -0.286. The highest BCUT2D eigenvalue weighted by Crippen LogP contribution is 2.28. The highest BCUT2D eigenvalue weighted by molar-refractivity contribution is 8.02. The molecule has 0 bridgehead atoms. The normalized spacial score (nSPS) is 12.0. The van der Waals surface area contributed by atoms with Gasteiger partial charge >= 0.3 is 0 Å². The molecule has 1 heterocycles. The number of benzene rings is 1. The van der Waals surface area contributed by atoms with E-state index in [9.17, 15) is 9.18 Å². The van der Waals surface area contributed by atoms with Crippen molar-refractivity contribution in [3.63, 3.8) is 0 Å². The molecule has 0 unspecified atom stereocenters. The van der Waals surface area contributed by atoms with Gasteiger partial charge in [-0.1, -0.05) is 35.2 Å². The van der Waals surface area contributed by atoms with E-state index in [-0.39, 0.29) is 17.0 Å². The fourth-order valence-electron chi connectivity index (χ4n) is 1.50. The number of thioether (sulfide) groups is 1. The van der Waals surface area contributed by atoms with Gasteiger partial charge in [-0.15, -0.1) is 10.2 Å². The second-order valence-corrected chi connectivity index (χ2v) is 6.79. The third-order valence-corrected chi connectivity index (χ3v) is 4.77. The number of hydrogen-bond donors (Lipinski definition) is 2. The van der Waals surface area contributed by atoms with Gasteiger partial charge in [0.1, 0.15) is 5.82 Å². The van der Waals surface area contributed by atoms with Crippen LogP contribution in [0.2, 0.25) is 0 Å². The molecule has 0 saturated carbocycles. The van der Waals surface area contributed by atoms with E-state index < -0.39 is 0 Å². The molecule has 0 aliphatic heterocycles. The van der Waals surface area contributed by atoms with Crippen molar-refractivity contribution in [3.8, 4) is 0 Å². The van der Waals surface area contributed by atoms with E-state index >= 15 is 0 Å². The maximum atomic E-state index is 12.8. The molecule has 0 spiro atoms. The third-order valence-electron chi connectivity index (χ3n) is 2.65. The molecule has 1 aromatic heterocycles. The Balaban J connectivity index is 1.83. The molecule has 1 atom stereocenters. The van der Waals surface area contributed by atoms with Gasteiger partial charge in [-0.25, -0.2) is 4.39 Å². The van der Waals surface area contributed by atoms with Crippen LogP contribution in [0, 0.1) is 5.82 Å². The van der Waals surface area contributed by atoms with Crippen LogP contribution in [0.25, 0.3) is 0 Å². The summed E-state index contributed by atoms with van der Waals surface area (Å²) in [4.78, 5) is 12.0. The van der Waals surface area contributed by atoms with Crippen LogP contribution in [0.3, 0.4) is 0 Å². The molecule has 1 aromatic carbocycles. The highest BCUT2D eigenvalue weighted by Gasteiger charge is 2.16. The summed E-state index contributed by atoms with van der Waals surface area (Å²) in [7, 11) is 1.77. The predicted molar refractivity (Wildman–Crippen MR) is 83.0 cm³/mol. The Labute approximate surface area is 130 Å². The van der Waals surface area contributed by atoms with Gasteiger partial charge in [-0.2, -0.15) is 0 Å². The number of anilines is 1. The molecule has 0 aliphatic rings. The molecule has 2 aromatic rings. The lowest BCUT2D eigenvalue weighted by molar-refractivity contribution is -0.120. The topological polar surface area (TPSA) is 66.9 Å². The van der Waals surface area contributed by atoms with Crippen LogP contribution in [-0.4, -0.2) is 28.4 Å². The average Bonchev–Trinajstić information content (AvgIpc) is 2.94. The van der Waals surface area contributed by atoms with E-state index in [1.54, 1.807) is 19.2 Å². The minimum Gasteiger partial charge on any atom is -0.363 e. The fourth-order valence-corrected chi connectivity index (χ4v) is 3.37. The highest BCUT2D eigenvalue weighted by atomic mass is 32.2. The molecular weight excluding hydrogens is 311 g/mol. The van der Waals surface area contributed by atoms with Gasteiger partial charge in [-0.05, 0) is 24.6 Å². The molecule has 5 nitrogen and oxygen atoms in total. The number of carbonyl (C=O) groups is 1. The summed E-state index contributed by atoms with van der Waals surface area (Å²) in [5, 5.41) is 14.1. The Kier molecular flexibility index (Phi) is 5.51.